The largest absolute Gasteiger partial charge is 0.326 e. The van der Waals surface area contributed by atoms with Crippen molar-refractivity contribution >= 4 is 11.7 Å². The average molecular weight is 261 g/mol. The third-order valence-corrected chi connectivity index (χ3v) is 3.74. The summed E-state index contributed by atoms with van der Waals surface area (Å²) in [4.78, 5) is 14.1. The summed E-state index contributed by atoms with van der Waals surface area (Å²) in [7, 11) is 0. The number of nitrogens with two attached hydrogens (primary N) is 1. The molecule has 1 aliphatic rings. The molecule has 1 atom stereocenters. The SMILES string of the molecule is CC1CCCN(C(=O)Nc2ccc(CN)cc2)CC1. The lowest BCUT2D eigenvalue weighted by atomic mass is 10.0. The minimum atomic E-state index is 0.00889. The molecular formula is C15H23N3O. The van der Waals surface area contributed by atoms with Crippen molar-refractivity contribution in [1.82, 2.24) is 4.90 Å². The Labute approximate surface area is 115 Å². The van der Waals surface area contributed by atoms with Gasteiger partial charge in [-0.1, -0.05) is 19.1 Å². The average Bonchev–Trinajstić information content (AvgIpc) is 2.64. The first-order valence-electron chi connectivity index (χ1n) is 7.04. The van der Waals surface area contributed by atoms with Crippen LogP contribution in [-0.4, -0.2) is 24.0 Å². The van der Waals surface area contributed by atoms with Crippen molar-refractivity contribution in [1.29, 1.82) is 0 Å². The van der Waals surface area contributed by atoms with Gasteiger partial charge in [0, 0.05) is 25.3 Å². The fourth-order valence-corrected chi connectivity index (χ4v) is 2.39. The molecule has 1 unspecified atom stereocenters. The van der Waals surface area contributed by atoms with Gasteiger partial charge in [-0.05, 0) is 42.9 Å². The van der Waals surface area contributed by atoms with Crippen molar-refractivity contribution < 1.29 is 4.79 Å². The van der Waals surface area contributed by atoms with Crippen molar-refractivity contribution in [2.75, 3.05) is 18.4 Å². The van der Waals surface area contributed by atoms with Crippen LogP contribution in [0.15, 0.2) is 24.3 Å². The maximum Gasteiger partial charge on any atom is 0.321 e. The number of carbonyl (C=O) groups excluding carboxylic acids is 1. The molecule has 1 heterocycles. The number of likely N-dealkylation sites (tertiary alicyclic amines) is 1. The van der Waals surface area contributed by atoms with Gasteiger partial charge in [-0.3, -0.25) is 0 Å². The van der Waals surface area contributed by atoms with Gasteiger partial charge in [-0.2, -0.15) is 0 Å². The number of benzene rings is 1. The van der Waals surface area contributed by atoms with E-state index in [1.54, 1.807) is 0 Å². The molecule has 19 heavy (non-hydrogen) atoms. The van der Waals surface area contributed by atoms with Crippen molar-refractivity contribution in [3.63, 3.8) is 0 Å². The Morgan fingerprint density at radius 1 is 1.32 bits per heavy atom. The lowest BCUT2D eigenvalue weighted by Gasteiger charge is -2.21. The Morgan fingerprint density at radius 3 is 2.74 bits per heavy atom. The molecule has 4 heteroatoms. The van der Waals surface area contributed by atoms with Crippen molar-refractivity contribution in [2.45, 2.75) is 32.7 Å². The van der Waals surface area contributed by atoms with Crippen molar-refractivity contribution in [2.24, 2.45) is 11.7 Å². The van der Waals surface area contributed by atoms with Crippen LogP contribution in [0, 0.1) is 5.92 Å². The summed E-state index contributed by atoms with van der Waals surface area (Å²) >= 11 is 0. The predicted octanol–water partition coefficient (Wildman–Crippen LogP) is 2.80. The third kappa shape index (κ3) is 3.96. The highest BCUT2D eigenvalue weighted by molar-refractivity contribution is 5.89. The Bertz CT molecular complexity index is 416. The summed E-state index contributed by atoms with van der Waals surface area (Å²) in [5.41, 5.74) is 7.46. The fourth-order valence-electron chi connectivity index (χ4n) is 2.39. The molecule has 0 aliphatic carbocycles. The molecule has 0 radical (unpaired) electrons. The minimum Gasteiger partial charge on any atom is -0.326 e. The van der Waals surface area contributed by atoms with E-state index in [-0.39, 0.29) is 6.03 Å². The lowest BCUT2D eigenvalue weighted by molar-refractivity contribution is 0.213. The molecule has 1 aromatic rings. The fraction of sp³-hybridized carbons (Fsp3) is 0.533. The lowest BCUT2D eigenvalue weighted by Crippen LogP contribution is -2.35. The zero-order valence-electron chi connectivity index (χ0n) is 11.6. The zero-order chi connectivity index (χ0) is 13.7. The summed E-state index contributed by atoms with van der Waals surface area (Å²) in [6.45, 7) is 4.50. The van der Waals surface area contributed by atoms with Crippen LogP contribution in [0.3, 0.4) is 0 Å². The topological polar surface area (TPSA) is 58.4 Å². The molecule has 2 rings (SSSR count). The minimum absolute atomic E-state index is 0.00889. The number of anilines is 1. The Balaban J connectivity index is 1.92. The van der Waals surface area contributed by atoms with Crippen molar-refractivity contribution in [3.05, 3.63) is 29.8 Å². The number of urea groups is 1. The summed E-state index contributed by atoms with van der Waals surface area (Å²) < 4.78 is 0. The van der Waals surface area contributed by atoms with Crippen LogP contribution in [0.2, 0.25) is 0 Å². The maximum atomic E-state index is 12.2. The van der Waals surface area contributed by atoms with Gasteiger partial charge in [0.2, 0.25) is 0 Å². The number of carbonyl (C=O) groups is 1. The Kier molecular flexibility index (Phi) is 4.80. The van der Waals surface area contributed by atoms with Gasteiger partial charge in [-0.15, -0.1) is 0 Å². The third-order valence-electron chi connectivity index (χ3n) is 3.74. The van der Waals surface area contributed by atoms with E-state index in [1.165, 1.54) is 6.42 Å². The molecule has 1 saturated heterocycles. The predicted molar refractivity (Wildman–Crippen MR) is 77.9 cm³/mol. The number of amides is 2. The number of rotatable bonds is 2. The summed E-state index contributed by atoms with van der Waals surface area (Å²) in [6, 6.07) is 7.70. The molecule has 4 nitrogen and oxygen atoms in total. The Hall–Kier alpha value is -1.55. The van der Waals surface area contributed by atoms with Gasteiger partial charge in [0.25, 0.3) is 0 Å². The van der Waals surface area contributed by atoms with Crippen LogP contribution in [-0.2, 0) is 6.54 Å². The first-order chi connectivity index (χ1) is 9.19. The van der Waals surface area contributed by atoms with E-state index in [9.17, 15) is 4.79 Å². The van der Waals surface area contributed by atoms with Gasteiger partial charge in [0.15, 0.2) is 0 Å². The van der Waals surface area contributed by atoms with Crippen LogP contribution in [0.25, 0.3) is 0 Å². The van der Waals surface area contributed by atoms with E-state index >= 15 is 0 Å². The van der Waals surface area contributed by atoms with Crippen LogP contribution in [0.5, 0.6) is 0 Å². The second kappa shape index (κ2) is 6.57. The van der Waals surface area contributed by atoms with Crippen LogP contribution < -0.4 is 11.1 Å². The highest BCUT2D eigenvalue weighted by Crippen LogP contribution is 2.17. The summed E-state index contributed by atoms with van der Waals surface area (Å²) in [5, 5.41) is 2.95. The van der Waals surface area contributed by atoms with Gasteiger partial charge in [-0.25, -0.2) is 4.79 Å². The molecule has 0 saturated carbocycles. The van der Waals surface area contributed by atoms with Crippen LogP contribution in [0.1, 0.15) is 31.7 Å². The van der Waals surface area contributed by atoms with Gasteiger partial charge < -0.3 is 16.0 Å². The quantitative estimate of drug-likeness (QED) is 0.860. The number of hydrogen-bond donors (Lipinski definition) is 2. The highest BCUT2D eigenvalue weighted by Gasteiger charge is 2.18. The number of hydrogen-bond acceptors (Lipinski definition) is 2. The summed E-state index contributed by atoms with van der Waals surface area (Å²) in [6.07, 6.45) is 3.41. The molecule has 0 spiro atoms. The van der Waals surface area contributed by atoms with Crippen LogP contribution in [0.4, 0.5) is 10.5 Å². The smallest absolute Gasteiger partial charge is 0.321 e. The molecular weight excluding hydrogens is 238 g/mol. The second-order valence-electron chi connectivity index (χ2n) is 5.35. The van der Waals surface area contributed by atoms with E-state index in [0.29, 0.717) is 6.54 Å². The van der Waals surface area contributed by atoms with E-state index in [0.717, 1.165) is 43.1 Å². The molecule has 0 bridgehead atoms. The first kappa shape index (κ1) is 13.9. The van der Waals surface area contributed by atoms with E-state index in [2.05, 4.69) is 12.2 Å². The van der Waals surface area contributed by atoms with Crippen LogP contribution >= 0.6 is 0 Å². The highest BCUT2D eigenvalue weighted by atomic mass is 16.2. The zero-order valence-corrected chi connectivity index (χ0v) is 11.6. The molecule has 104 valence electrons. The van der Waals surface area contributed by atoms with Crippen molar-refractivity contribution in [3.8, 4) is 0 Å². The number of nitrogens with one attached hydrogen (secondary N) is 1. The molecule has 1 fully saturated rings. The summed E-state index contributed by atoms with van der Waals surface area (Å²) in [5.74, 6) is 0.724. The van der Waals surface area contributed by atoms with E-state index in [1.807, 2.05) is 29.2 Å². The van der Waals surface area contributed by atoms with Gasteiger partial charge in [0.05, 0.1) is 0 Å². The molecule has 1 aromatic carbocycles. The number of nitrogens with zero attached hydrogens (tertiary/aromatic N) is 1. The normalized spacial score (nSPS) is 19.9. The Morgan fingerprint density at radius 2 is 2.05 bits per heavy atom. The second-order valence-corrected chi connectivity index (χ2v) is 5.35. The molecule has 2 amide bonds. The van der Waals surface area contributed by atoms with E-state index < -0.39 is 0 Å². The van der Waals surface area contributed by atoms with Gasteiger partial charge in [0.1, 0.15) is 0 Å². The standard InChI is InChI=1S/C15H23N3O/c1-12-3-2-9-18(10-8-12)15(19)17-14-6-4-13(11-16)5-7-14/h4-7,12H,2-3,8-11,16H2,1H3,(H,17,19). The molecule has 3 N–H and O–H groups in total. The maximum absolute atomic E-state index is 12.2. The monoisotopic (exact) mass is 261 g/mol. The van der Waals surface area contributed by atoms with Gasteiger partial charge >= 0.3 is 6.03 Å². The molecule has 1 aliphatic heterocycles. The molecule has 0 aromatic heterocycles. The van der Waals surface area contributed by atoms with E-state index in [4.69, 9.17) is 5.73 Å². The first-order valence-corrected chi connectivity index (χ1v) is 7.04.